The predicted molar refractivity (Wildman–Crippen MR) is 126 cm³/mol. The van der Waals surface area contributed by atoms with Crippen molar-refractivity contribution >= 4 is 10.9 Å². The lowest BCUT2D eigenvalue weighted by Gasteiger charge is -2.42. The van der Waals surface area contributed by atoms with Crippen LogP contribution in [0, 0.1) is 18.6 Å². The van der Waals surface area contributed by atoms with E-state index in [0.717, 1.165) is 22.0 Å². The number of aryl methyl sites for hydroxylation is 1. The van der Waals surface area contributed by atoms with E-state index in [2.05, 4.69) is 10.3 Å². The molecule has 2 aromatic carbocycles. The van der Waals surface area contributed by atoms with Crippen LogP contribution in [-0.4, -0.2) is 47.6 Å². The van der Waals surface area contributed by atoms with Crippen LogP contribution < -0.4 is 10.1 Å². The van der Waals surface area contributed by atoms with E-state index in [0.29, 0.717) is 25.2 Å². The van der Waals surface area contributed by atoms with Crippen molar-refractivity contribution in [3.05, 3.63) is 64.4 Å². The fourth-order valence-corrected chi connectivity index (χ4v) is 5.03. The van der Waals surface area contributed by atoms with E-state index in [-0.39, 0.29) is 31.3 Å². The number of nitrogens with one attached hydrogen (secondary N) is 2. The zero-order valence-corrected chi connectivity index (χ0v) is 19.5. The molecule has 34 heavy (non-hydrogen) atoms. The molecule has 8 heteroatoms. The Morgan fingerprint density at radius 2 is 1.85 bits per heavy atom. The van der Waals surface area contributed by atoms with E-state index in [9.17, 15) is 8.78 Å². The molecule has 3 heterocycles. The summed E-state index contributed by atoms with van der Waals surface area (Å²) in [7, 11) is 0. The number of benzene rings is 2. The van der Waals surface area contributed by atoms with Gasteiger partial charge in [-0.3, -0.25) is 4.90 Å². The number of alkyl halides is 2. The van der Waals surface area contributed by atoms with Crippen LogP contribution in [0.2, 0.25) is 0 Å². The highest BCUT2D eigenvalue weighted by Gasteiger charge is 2.43. The molecule has 0 saturated carbocycles. The van der Waals surface area contributed by atoms with E-state index < -0.39 is 30.1 Å². The zero-order valence-electron chi connectivity index (χ0n) is 19.5. The molecule has 5 rings (SSSR count). The first-order valence-corrected chi connectivity index (χ1v) is 11.8. The number of hydrogen-bond donors (Lipinski definition) is 2. The van der Waals surface area contributed by atoms with Crippen LogP contribution in [0.3, 0.4) is 0 Å². The van der Waals surface area contributed by atoms with Crippen LogP contribution in [0.5, 0.6) is 5.75 Å². The first kappa shape index (κ1) is 23.2. The van der Waals surface area contributed by atoms with Gasteiger partial charge < -0.3 is 15.0 Å². The highest BCUT2D eigenvalue weighted by molar-refractivity contribution is 5.86. The lowest BCUT2D eigenvalue weighted by atomic mass is 9.87. The fourth-order valence-electron chi connectivity index (χ4n) is 5.03. The second kappa shape index (κ2) is 8.57. The zero-order chi connectivity index (χ0) is 24.2. The maximum absolute atomic E-state index is 15.5. The first-order valence-electron chi connectivity index (χ1n) is 11.8. The van der Waals surface area contributed by atoms with Crippen molar-refractivity contribution in [1.29, 1.82) is 0 Å². The number of ether oxygens (including phenoxy) is 1. The lowest BCUT2D eigenvalue weighted by Crippen LogP contribution is -2.50. The lowest BCUT2D eigenvalue weighted by molar-refractivity contribution is -0.0551. The first-order chi connectivity index (χ1) is 16.2. The molecule has 0 aliphatic carbocycles. The quantitative estimate of drug-likeness (QED) is 0.446. The second-order valence-corrected chi connectivity index (χ2v) is 9.60. The van der Waals surface area contributed by atoms with Crippen LogP contribution in [0.1, 0.15) is 50.1 Å². The summed E-state index contributed by atoms with van der Waals surface area (Å²) < 4.78 is 66.0. The summed E-state index contributed by atoms with van der Waals surface area (Å²) in [6, 6.07) is 6.88. The minimum atomic E-state index is -2.99. The van der Waals surface area contributed by atoms with Gasteiger partial charge in [0.25, 0.3) is 5.92 Å². The molecule has 0 amide bonds. The Hall–Kier alpha value is -2.58. The van der Waals surface area contributed by atoms with Gasteiger partial charge in [0.15, 0.2) is 0 Å². The highest BCUT2D eigenvalue weighted by Crippen LogP contribution is 2.44. The third-order valence-corrected chi connectivity index (χ3v) is 7.07. The van der Waals surface area contributed by atoms with Gasteiger partial charge in [-0.15, -0.1) is 0 Å². The molecule has 0 radical (unpaired) electrons. The normalized spacial score (nSPS) is 21.5. The third-order valence-electron chi connectivity index (χ3n) is 7.07. The molecule has 1 aromatic heterocycles. The third kappa shape index (κ3) is 4.07. The highest BCUT2D eigenvalue weighted by atomic mass is 19.3. The van der Waals surface area contributed by atoms with Gasteiger partial charge in [0.1, 0.15) is 23.5 Å². The largest absolute Gasteiger partial charge is 0.488 e. The summed E-state index contributed by atoms with van der Waals surface area (Å²) in [5.74, 6) is -4.48. The summed E-state index contributed by atoms with van der Waals surface area (Å²) in [5.41, 5.74) is 3.15. The van der Waals surface area contributed by atoms with E-state index in [1.165, 1.54) is 24.0 Å². The van der Waals surface area contributed by atoms with Gasteiger partial charge in [-0.1, -0.05) is 18.6 Å². The van der Waals surface area contributed by atoms with Crippen LogP contribution in [0.15, 0.2) is 30.3 Å². The maximum Gasteiger partial charge on any atom is 0.260 e. The van der Waals surface area contributed by atoms with Crippen LogP contribution >= 0.6 is 0 Å². The van der Waals surface area contributed by atoms with Crippen LogP contribution in [0.4, 0.5) is 17.6 Å². The summed E-state index contributed by atoms with van der Waals surface area (Å²) in [6.45, 7) is 5.88. The Kier molecular flexibility index (Phi) is 5.84. The Bertz CT molecular complexity index is 1200. The Morgan fingerprint density at radius 3 is 2.47 bits per heavy atom. The number of nitrogens with zero attached hydrogens (tertiary/aromatic N) is 1. The Labute approximate surface area is 197 Å². The fraction of sp³-hybridized carbons (Fsp3) is 0.462. The predicted octanol–water partition coefficient (Wildman–Crippen LogP) is 5.73. The molecule has 4 nitrogen and oxygen atoms in total. The van der Waals surface area contributed by atoms with Crippen molar-refractivity contribution in [2.45, 2.75) is 57.7 Å². The van der Waals surface area contributed by atoms with Crippen molar-refractivity contribution in [2.75, 3.05) is 19.6 Å². The number of hydrogen-bond acceptors (Lipinski definition) is 3. The molecule has 0 bridgehead atoms. The molecule has 3 aromatic rings. The van der Waals surface area contributed by atoms with E-state index in [1.54, 1.807) is 0 Å². The number of halogens is 4. The van der Waals surface area contributed by atoms with Gasteiger partial charge in [-0.2, -0.15) is 0 Å². The number of rotatable bonds is 6. The number of aromatic nitrogens is 1. The second-order valence-electron chi connectivity index (χ2n) is 9.60. The van der Waals surface area contributed by atoms with Crippen LogP contribution in [-0.2, 0) is 6.42 Å². The standard InChI is InChI=1S/C26H29F4N3O.H2/c1-4-26(29,30)13-33-15(3)8-19-18-7-14(2)5-6-22(18)32-24(19)25(33)23-20(27)9-16(10-21(23)28)34-17-11-31-12-17;/h5-7,9-10,15,17,25,31-32H,4,8,11-13H2,1-3H3;1H/t15-,25-;/m1./s1. The smallest absolute Gasteiger partial charge is 0.260 e. The van der Waals surface area contributed by atoms with Crippen molar-refractivity contribution in [3.63, 3.8) is 0 Å². The van der Waals surface area contributed by atoms with Gasteiger partial charge in [-0.25, -0.2) is 17.6 Å². The van der Waals surface area contributed by atoms with E-state index >= 15 is 8.78 Å². The summed E-state index contributed by atoms with van der Waals surface area (Å²) in [6.07, 6.45) is 0.0194. The number of H-pyrrole nitrogens is 1. The molecule has 2 atom stereocenters. The Morgan fingerprint density at radius 1 is 1.15 bits per heavy atom. The molecular weight excluding hydrogens is 446 g/mol. The van der Waals surface area contributed by atoms with Crippen molar-refractivity contribution in [3.8, 4) is 5.75 Å². The van der Waals surface area contributed by atoms with Crippen LogP contribution in [0.25, 0.3) is 10.9 Å². The van der Waals surface area contributed by atoms with Gasteiger partial charge in [0.2, 0.25) is 0 Å². The molecular formula is C26H31F4N3O. The monoisotopic (exact) mass is 477 g/mol. The van der Waals surface area contributed by atoms with Gasteiger partial charge in [-0.05, 0) is 38.0 Å². The molecule has 2 aliphatic rings. The van der Waals surface area contributed by atoms with Crippen molar-refractivity contribution in [2.24, 2.45) is 0 Å². The topological polar surface area (TPSA) is 40.3 Å². The van der Waals surface area contributed by atoms with Gasteiger partial charge >= 0.3 is 0 Å². The van der Waals surface area contributed by atoms with Crippen molar-refractivity contribution < 1.29 is 23.7 Å². The summed E-state index contributed by atoms with van der Waals surface area (Å²) >= 11 is 0. The minimum Gasteiger partial charge on any atom is -0.488 e. The number of aromatic amines is 1. The molecule has 1 saturated heterocycles. The minimum absolute atomic E-state index is 0. The molecule has 1 fully saturated rings. The Balaban J connectivity index is 0.00000289. The molecule has 0 spiro atoms. The van der Waals surface area contributed by atoms with E-state index in [1.807, 2.05) is 32.0 Å². The molecule has 184 valence electrons. The molecule has 2 aliphatic heterocycles. The average molecular weight is 478 g/mol. The maximum atomic E-state index is 15.5. The SMILES string of the molecule is CCC(F)(F)CN1[C@H](c2c(F)cc(OC3CNC3)cc2F)c2[nH]c3ccc(C)cc3c2C[C@H]1C.[HH]. The van der Waals surface area contributed by atoms with E-state index in [4.69, 9.17) is 4.74 Å². The molecule has 0 unspecified atom stereocenters. The summed E-state index contributed by atoms with van der Waals surface area (Å²) in [5, 5.41) is 4.01. The number of fused-ring (bicyclic) bond motifs is 3. The van der Waals surface area contributed by atoms with Crippen molar-refractivity contribution in [1.82, 2.24) is 15.2 Å². The van der Waals surface area contributed by atoms with Gasteiger partial charge in [0, 0.05) is 61.3 Å². The molecule has 2 N–H and O–H groups in total. The average Bonchev–Trinajstić information content (AvgIpc) is 3.09. The summed E-state index contributed by atoms with van der Waals surface area (Å²) in [4.78, 5) is 4.84. The van der Waals surface area contributed by atoms with Gasteiger partial charge in [0.05, 0.1) is 12.6 Å².